The number of hydrogen-bond donors (Lipinski definition) is 3. The first-order chi connectivity index (χ1) is 30.7. The van der Waals surface area contributed by atoms with Gasteiger partial charge in [0.1, 0.15) is 35.4 Å². The van der Waals surface area contributed by atoms with Crippen molar-refractivity contribution in [2.75, 3.05) is 37.1 Å². The number of carboxylic acids is 3. The number of nitrogens with one attached hydrogen (secondary N) is 3. The third-order valence-electron chi connectivity index (χ3n) is 10.9. The number of sulfone groups is 3. The molecule has 1 aromatic rings. The Bertz CT molecular complexity index is 2620. The summed E-state index contributed by atoms with van der Waals surface area (Å²) >= 11 is 0. The van der Waals surface area contributed by atoms with Crippen LogP contribution in [-0.2, 0) is 72.7 Å². The second kappa shape index (κ2) is 22.1. The van der Waals surface area contributed by atoms with E-state index in [0.29, 0.717) is 14.7 Å². The minimum atomic E-state index is -4.19. The SMILES string of the molecule is CC1=C(C(=O)[O-])N2C(=O)[C@@H](NC(=O)COc3cc(OCC(=O)N[C@@H]4C(=O)N5C(C(=O)[O-])=C(C)CS(=O)(=O)[C@H]45)cc(OCC(=O)N[C@@H]4C(=O)N5C(C(=O)[O-])=C(C)CS(=O)(=O)[C@H]45)c3)[C@H]2S(=O)(=O)C1.[K+].[K+].[K+]. The van der Waals surface area contributed by atoms with Crippen LogP contribution in [0.3, 0.4) is 0 Å². The Morgan fingerprint density at radius 1 is 0.493 bits per heavy atom. The maximum absolute atomic E-state index is 13.0. The Morgan fingerprint density at radius 3 is 0.913 bits per heavy atom. The van der Waals surface area contributed by atoms with Crippen LogP contribution < -0.4 is 200 Å². The number of benzene rings is 1. The third-order valence-corrected chi connectivity index (χ3v) is 17.1. The molecule has 354 valence electrons. The van der Waals surface area contributed by atoms with E-state index >= 15 is 0 Å². The van der Waals surface area contributed by atoms with E-state index < -0.39 is 171 Å². The van der Waals surface area contributed by atoms with E-state index in [1.807, 2.05) is 0 Å². The molecule has 69 heavy (non-hydrogen) atoms. The maximum Gasteiger partial charge on any atom is 1.00 e. The van der Waals surface area contributed by atoms with Gasteiger partial charge in [-0.15, -0.1) is 0 Å². The summed E-state index contributed by atoms with van der Waals surface area (Å²) < 4.78 is 93.5. The van der Waals surface area contributed by atoms with Crippen LogP contribution in [0.2, 0.25) is 0 Å². The van der Waals surface area contributed by atoms with Gasteiger partial charge in [-0.1, -0.05) is 0 Å². The van der Waals surface area contributed by atoms with E-state index in [1.165, 1.54) is 20.8 Å². The topological polar surface area (TPSA) is 399 Å². The molecule has 6 heterocycles. The van der Waals surface area contributed by atoms with Gasteiger partial charge in [-0.2, -0.15) is 0 Å². The molecular formula is C36H33K3N6O21S3. The normalized spacial score (nSPS) is 25.4. The first-order valence-corrected chi connectivity index (χ1v) is 24.1. The first-order valence-electron chi connectivity index (χ1n) is 19.0. The number of β-lactam (4-membered cyclic amide) rings is 3. The summed E-state index contributed by atoms with van der Waals surface area (Å²) in [5.41, 5.74) is -2.48. The second-order valence-corrected chi connectivity index (χ2v) is 21.9. The fraction of sp³-hybridized carbons (Fsp3) is 0.417. The number of carbonyl (C=O) groups excluding carboxylic acids is 9. The van der Waals surface area contributed by atoms with Crippen molar-refractivity contribution < 1.29 is 252 Å². The zero-order valence-corrected chi connectivity index (χ0v) is 48.9. The second-order valence-electron chi connectivity index (χ2n) is 15.6. The van der Waals surface area contributed by atoms with Gasteiger partial charge in [0.2, 0.25) is 0 Å². The summed E-state index contributed by atoms with van der Waals surface area (Å²) in [4.78, 5) is 114. The number of hydrogen-bond acceptors (Lipinski definition) is 21. The molecule has 27 nitrogen and oxygen atoms in total. The van der Waals surface area contributed by atoms with E-state index in [4.69, 9.17) is 14.2 Å². The molecule has 0 bridgehead atoms. The fourth-order valence-corrected chi connectivity index (χ4v) is 14.4. The van der Waals surface area contributed by atoms with Crippen LogP contribution in [0.4, 0.5) is 0 Å². The number of carboxylic acid groups (broad SMARTS) is 3. The summed E-state index contributed by atoms with van der Waals surface area (Å²) in [5, 5.41) is 36.1. The van der Waals surface area contributed by atoms with E-state index in [-0.39, 0.29) is 188 Å². The van der Waals surface area contributed by atoms with Gasteiger partial charge in [-0.05, 0) is 37.5 Å². The molecule has 7 rings (SSSR count). The van der Waals surface area contributed by atoms with Crippen LogP contribution in [0.15, 0.2) is 52.0 Å². The molecule has 0 aromatic heterocycles. The Hall–Kier alpha value is -2.17. The zero-order valence-electron chi connectivity index (χ0n) is 37.1. The standard InChI is InChI=1S/C36H36N6O21S3.3K/c1-13-10-64(55,56)31-22(28(46)40(31)25(13)34(49)50)37-19(43)7-61-16-4-17(62-8-20(44)38-23-29(47)41-26(35(51)52)14(2)11-65(57,58)32(23)41)6-18(5-16)63-9-21(45)39-24-30(48)42-27(36(53)54)15(3)12-66(59,60)33(24)42;;;/h4-6,22-24,31-33H,7-12H2,1-3H3,(H,37,43)(H,38,44)(H,39,45)(H,49,50)(H,51,52)(H,53,54);;;/q;3*+1/p-3/t22-,23-,24-,31-,32-,33-;;;/m1.../s1. The predicted octanol–water partition coefficient (Wildman–Crippen LogP) is -17.8. The molecule has 6 aliphatic heterocycles. The van der Waals surface area contributed by atoms with E-state index in [9.17, 15) is 83.7 Å². The van der Waals surface area contributed by atoms with Gasteiger partial charge in [0, 0.05) is 18.2 Å². The summed E-state index contributed by atoms with van der Waals surface area (Å²) in [7, 11) is -12.6. The fourth-order valence-electron chi connectivity index (χ4n) is 8.30. The molecular weight excluding hydrogens is 1070 g/mol. The summed E-state index contributed by atoms with van der Waals surface area (Å²) in [6.45, 7) is 0.626. The molecule has 0 unspecified atom stereocenters. The van der Waals surface area contributed by atoms with Crippen LogP contribution in [0, 0.1) is 0 Å². The van der Waals surface area contributed by atoms with Crippen molar-refractivity contribution in [1.82, 2.24) is 30.7 Å². The number of aliphatic carboxylic acids is 3. The smallest absolute Gasteiger partial charge is 0.543 e. The van der Waals surface area contributed by atoms with Crippen molar-refractivity contribution in [3.63, 3.8) is 0 Å². The van der Waals surface area contributed by atoms with Gasteiger partial charge in [-0.3, -0.25) is 43.5 Å². The quantitative estimate of drug-likeness (QED) is 0.108. The van der Waals surface area contributed by atoms with Crippen LogP contribution in [0.1, 0.15) is 20.8 Å². The summed E-state index contributed by atoms with van der Waals surface area (Å²) in [6.07, 6.45) is 0. The molecule has 0 aliphatic carbocycles. The Morgan fingerprint density at radius 2 is 0.710 bits per heavy atom. The van der Waals surface area contributed by atoms with Gasteiger partial charge in [0.25, 0.3) is 35.4 Å². The Kier molecular flexibility index (Phi) is 19.0. The van der Waals surface area contributed by atoms with E-state index in [2.05, 4.69) is 16.0 Å². The molecule has 33 heteroatoms. The van der Waals surface area contributed by atoms with Crippen molar-refractivity contribution in [2.45, 2.75) is 55.0 Å². The Labute approximate surface area is 518 Å². The van der Waals surface area contributed by atoms with Gasteiger partial charge in [0.15, 0.2) is 65.5 Å². The molecule has 6 atom stereocenters. The first kappa shape index (κ1) is 59.4. The zero-order chi connectivity index (χ0) is 48.7. The van der Waals surface area contributed by atoms with Crippen LogP contribution >= 0.6 is 0 Å². The molecule has 3 saturated heterocycles. The van der Waals surface area contributed by atoms with Crippen molar-refractivity contribution >= 4 is 82.9 Å². The minimum Gasteiger partial charge on any atom is -0.543 e. The minimum absolute atomic E-state index is 0. The Balaban J connectivity index is 0.00000346. The number of fused-ring (bicyclic) bond motifs is 3. The number of carbonyl (C=O) groups is 9. The predicted molar refractivity (Wildman–Crippen MR) is 205 cm³/mol. The molecule has 6 amide bonds. The van der Waals surface area contributed by atoms with E-state index in [0.717, 1.165) is 18.2 Å². The van der Waals surface area contributed by atoms with Crippen LogP contribution in [0.25, 0.3) is 0 Å². The van der Waals surface area contributed by atoms with Crippen molar-refractivity contribution in [1.29, 1.82) is 0 Å². The van der Waals surface area contributed by atoms with Crippen molar-refractivity contribution in [2.24, 2.45) is 0 Å². The molecule has 6 aliphatic rings. The molecule has 0 saturated carbocycles. The summed E-state index contributed by atoms with van der Waals surface area (Å²) in [6, 6.07) is -2.06. The molecule has 3 fully saturated rings. The molecule has 1 aromatic carbocycles. The molecule has 0 spiro atoms. The average Bonchev–Trinajstić information content (AvgIpc) is 3.19. The monoisotopic (exact) mass is 1100 g/mol. The number of rotatable bonds is 15. The van der Waals surface area contributed by atoms with Gasteiger partial charge in [0.05, 0.1) is 52.3 Å². The van der Waals surface area contributed by atoms with Crippen molar-refractivity contribution in [3.8, 4) is 17.2 Å². The maximum atomic E-state index is 13.0. The van der Waals surface area contributed by atoms with Crippen molar-refractivity contribution in [3.05, 3.63) is 52.0 Å². The number of amides is 6. The number of ether oxygens (including phenoxy) is 3. The molecule has 0 radical (unpaired) electrons. The van der Waals surface area contributed by atoms with Gasteiger partial charge in [-0.25, -0.2) is 25.3 Å². The summed E-state index contributed by atoms with van der Waals surface area (Å²) in [5.74, 6) is -15.3. The number of nitrogens with zero attached hydrogens (tertiary/aromatic N) is 3. The van der Waals surface area contributed by atoms with Crippen LogP contribution in [0.5, 0.6) is 17.2 Å². The van der Waals surface area contributed by atoms with E-state index in [1.54, 1.807) is 0 Å². The average molecular weight is 1100 g/mol. The third kappa shape index (κ3) is 11.3. The molecule has 3 N–H and O–H groups in total. The van der Waals surface area contributed by atoms with Crippen LogP contribution in [-0.4, -0.2) is 165 Å². The van der Waals surface area contributed by atoms with Gasteiger partial charge < -0.3 is 59.9 Å². The largest absolute Gasteiger partial charge is 1.00 e. The van der Waals surface area contributed by atoms with Gasteiger partial charge >= 0.3 is 154 Å².